The maximum absolute atomic E-state index is 9.03. The van der Waals surface area contributed by atoms with E-state index in [-0.39, 0.29) is 12.7 Å². The molecule has 0 radical (unpaired) electrons. The van der Waals surface area contributed by atoms with Gasteiger partial charge in [-0.2, -0.15) is 0 Å². The van der Waals surface area contributed by atoms with Crippen molar-refractivity contribution < 1.29 is 20.4 Å². The maximum Gasteiger partial charge on any atom is 0.0616 e. The molecule has 0 bridgehead atoms. The molecule has 15 heavy (non-hydrogen) atoms. The van der Waals surface area contributed by atoms with E-state index < -0.39 is 11.7 Å². The molecular formula is C11H26O4. The SMILES string of the molecule is CC(O)CC(C)(C)O.CC(O)CCCO. The molecule has 0 aliphatic heterocycles. The molecule has 0 aromatic rings. The van der Waals surface area contributed by atoms with Crippen molar-refractivity contribution in [1.82, 2.24) is 0 Å². The summed E-state index contributed by atoms with van der Waals surface area (Å²) in [7, 11) is 0. The summed E-state index contributed by atoms with van der Waals surface area (Å²) >= 11 is 0. The van der Waals surface area contributed by atoms with Crippen LogP contribution < -0.4 is 0 Å². The van der Waals surface area contributed by atoms with E-state index in [0.29, 0.717) is 19.3 Å². The fourth-order valence-corrected chi connectivity index (χ4v) is 1.11. The number of aliphatic hydroxyl groups is 4. The topological polar surface area (TPSA) is 80.9 Å². The number of aliphatic hydroxyl groups excluding tert-OH is 3. The first kappa shape index (κ1) is 17.2. The van der Waals surface area contributed by atoms with Crippen LogP contribution >= 0.6 is 0 Å². The molecule has 0 heterocycles. The molecule has 0 saturated carbocycles. The molecule has 0 fully saturated rings. The van der Waals surface area contributed by atoms with Gasteiger partial charge in [0.1, 0.15) is 0 Å². The van der Waals surface area contributed by atoms with Gasteiger partial charge in [-0.15, -0.1) is 0 Å². The predicted molar refractivity (Wildman–Crippen MR) is 60.6 cm³/mol. The van der Waals surface area contributed by atoms with Crippen LogP contribution in [0, 0.1) is 0 Å². The molecule has 4 N–H and O–H groups in total. The summed E-state index contributed by atoms with van der Waals surface area (Å²) in [4.78, 5) is 0. The summed E-state index contributed by atoms with van der Waals surface area (Å²) in [5, 5.41) is 34.5. The second-order valence-electron chi connectivity index (χ2n) is 4.58. The van der Waals surface area contributed by atoms with Crippen molar-refractivity contribution in [2.75, 3.05) is 6.61 Å². The van der Waals surface area contributed by atoms with E-state index >= 15 is 0 Å². The zero-order valence-electron chi connectivity index (χ0n) is 10.3. The van der Waals surface area contributed by atoms with Crippen LogP contribution in [0.25, 0.3) is 0 Å². The number of rotatable bonds is 5. The smallest absolute Gasteiger partial charge is 0.0616 e. The van der Waals surface area contributed by atoms with Crippen LogP contribution in [-0.4, -0.2) is 44.8 Å². The first-order chi connectivity index (χ1) is 6.69. The van der Waals surface area contributed by atoms with Crippen LogP contribution in [0.2, 0.25) is 0 Å². The highest BCUT2D eigenvalue weighted by Crippen LogP contribution is 2.09. The van der Waals surface area contributed by atoms with Crippen molar-refractivity contribution in [3.8, 4) is 0 Å². The van der Waals surface area contributed by atoms with E-state index in [1.807, 2.05) is 0 Å². The third-order valence-corrected chi connectivity index (χ3v) is 1.57. The van der Waals surface area contributed by atoms with Gasteiger partial charge in [-0.3, -0.25) is 0 Å². The van der Waals surface area contributed by atoms with Gasteiger partial charge in [-0.05, 0) is 40.5 Å². The standard InChI is InChI=1S/C6H14O2.C5H12O2/c1-5(7)4-6(2,3)8;1-5(7)3-2-4-6/h5,7-8H,4H2,1-3H3;5-7H,2-4H2,1H3. The largest absolute Gasteiger partial charge is 0.396 e. The highest BCUT2D eigenvalue weighted by atomic mass is 16.3. The Balaban J connectivity index is 0. The third-order valence-electron chi connectivity index (χ3n) is 1.57. The molecule has 4 heteroatoms. The molecule has 0 aromatic heterocycles. The average Bonchev–Trinajstić information content (AvgIpc) is 1.96. The van der Waals surface area contributed by atoms with Crippen LogP contribution in [0.15, 0.2) is 0 Å². The fourth-order valence-electron chi connectivity index (χ4n) is 1.11. The van der Waals surface area contributed by atoms with E-state index in [2.05, 4.69) is 0 Å². The molecule has 0 aliphatic carbocycles. The Morgan fingerprint density at radius 1 is 1.07 bits per heavy atom. The van der Waals surface area contributed by atoms with Gasteiger partial charge in [0.2, 0.25) is 0 Å². The van der Waals surface area contributed by atoms with Crippen molar-refractivity contribution in [3.63, 3.8) is 0 Å². The summed E-state index contributed by atoms with van der Waals surface area (Å²) in [5.41, 5.74) is -0.728. The Labute approximate surface area is 92.6 Å². The van der Waals surface area contributed by atoms with Crippen LogP contribution in [0.1, 0.15) is 47.0 Å². The first-order valence-corrected chi connectivity index (χ1v) is 5.38. The number of hydrogen-bond acceptors (Lipinski definition) is 4. The lowest BCUT2D eigenvalue weighted by Crippen LogP contribution is -2.24. The molecule has 2 unspecified atom stereocenters. The van der Waals surface area contributed by atoms with E-state index in [1.165, 1.54) is 0 Å². The molecule has 0 amide bonds. The normalized spacial score (nSPS) is 15.2. The Kier molecular flexibility index (Phi) is 10.5. The minimum atomic E-state index is -0.728. The molecule has 0 spiro atoms. The van der Waals surface area contributed by atoms with Crippen LogP contribution in [0.3, 0.4) is 0 Å². The Morgan fingerprint density at radius 3 is 1.60 bits per heavy atom. The molecule has 4 nitrogen and oxygen atoms in total. The van der Waals surface area contributed by atoms with Gasteiger partial charge >= 0.3 is 0 Å². The Morgan fingerprint density at radius 2 is 1.53 bits per heavy atom. The molecule has 2 atom stereocenters. The van der Waals surface area contributed by atoms with Crippen LogP contribution in [-0.2, 0) is 0 Å². The second-order valence-corrected chi connectivity index (χ2v) is 4.58. The average molecular weight is 222 g/mol. The maximum atomic E-state index is 9.03. The summed E-state index contributed by atoms with van der Waals surface area (Å²) in [5.74, 6) is 0. The second kappa shape index (κ2) is 9.09. The van der Waals surface area contributed by atoms with E-state index in [0.717, 1.165) is 0 Å². The first-order valence-electron chi connectivity index (χ1n) is 5.38. The van der Waals surface area contributed by atoms with Crippen molar-refractivity contribution in [2.24, 2.45) is 0 Å². The van der Waals surface area contributed by atoms with Gasteiger partial charge in [0.05, 0.1) is 17.8 Å². The molecule has 0 saturated heterocycles. The monoisotopic (exact) mass is 222 g/mol. The highest BCUT2D eigenvalue weighted by molar-refractivity contribution is 4.67. The molecule has 0 aromatic carbocycles. The van der Waals surface area contributed by atoms with E-state index in [9.17, 15) is 0 Å². The van der Waals surface area contributed by atoms with Gasteiger partial charge in [-0.1, -0.05) is 0 Å². The van der Waals surface area contributed by atoms with Crippen molar-refractivity contribution in [2.45, 2.75) is 64.8 Å². The lowest BCUT2D eigenvalue weighted by Gasteiger charge is -2.17. The van der Waals surface area contributed by atoms with Gasteiger partial charge in [-0.25, -0.2) is 0 Å². The van der Waals surface area contributed by atoms with Gasteiger partial charge in [0, 0.05) is 13.0 Å². The Bertz CT molecular complexity index is 127. The van der Waals surface area contributed by atoms with Crippen LogP contribution in [0.4, 0.5) is 0 Å². The van der Waals surface area contributed by atoms with Crippen molar-refractivity contribution in [1.29, 1.82) is 0 Å². The quantitative estimate of drug-likeness (QED) is 0.551. The molecule has 94 valence electrons. The van der Waals surface area contributed by atoms with Gasteiger partial charge in [0.15, 0.2) is 0 Å². The van der Waals surface area contributed by atoms with Crippen molar-refractivity contribution in [3.05, 3.63) is 0 Å². The predicted octanol–water partition coefficient (Wildman–Crippen LogP) is 0.668. The summed E-state index contributed by atoms with van der Waals surface area (Å²) < 4.78 is 0. The van der Waals surface area contributed by atoms with E-state index in [4.69, 9.17) is 20.4 Å². The molecule has 0 aliphatic rings. The third kappa shape index (κ3) is 24.8. The van der Waals surface area contributed by atoms with Gasteiger partial charge < -0.3 is 20.4 Å². The van der Waals surface area contributed by atoms with Crippen LogP contribution in [0.5, 0.6) is 0 Å². The zero-order chi connectivity index (χ0) is 12.5. The Hall–Kier alpha value is -0.160. The minimum Gasteiger partial charge on any atom is -0.396 e. The fraction of sp³-hybridized carbons (Fsp3) is 1.00. The van der Waals surface area contributed by atoms with E-state index in [1.54, 1.807) is 27.7 Å². The summed E-state index contributed by atoms with van der Waals surface area (Å²) in [6.07, 6.45) is 1.18. The van der Waals surface area contributed by atoms with Crippen molar-refractivity contribution >= 4 is 0 Å². The lowest BCUT2D eigenvalue weighted by molar-refractivity contribution is 0.0249. The zero-order valence-corrected chi connectivity index (χ0v) is 10.3. The molecule has 0 rings (SSSR count). The lowest BCUT2D eigenvalue weighted by atomic mass is 10.0. The summed E-state index contributed by atoms with van der Waals surface area (Å²) in [6, 6.07) is 0. The molecular weight excluding hydrogens is 196 g/mol. The highest BCUT2D eigenvalue weighted by Gasteiger charge is 2.14. The number of hydrogen-bond donors (Lipinski definition) is 4. The summed E-state index contributed by atoms with van der Waals surface area (Å²) in [6.45, 7) is 6.93. The van der Waals surface area contributed by atoms with Gasteiger partial charge in [0.25, 0.3) is 0 Å². The minimum absolute atomic E-state index is 0.185.